The number of nitriles is 1. The quantitative estimate of drug-likeness (QED) is 0.0770. The molecule has 0 spiro atoms. The summed E-state index contributed by atoms with van der Waals surface area (Å²) in [5.41, 5.74) is 15.1. The van der Waals surface area contributed by atoms with E-state index in [-0.39, 0.29) is 104 Å². The highest BCUT2D eigenvalue weighted by molar-refractivity contribution is 7.87. The van der Waals surface area contributed by atoms with Crippen LogP contribution < -0.4 is 36.1 Å². The number of hydrogen-bond acceptors (Lipinski definition) is 15. The molecule has 1 aromatic heterocycles. The van der Waals surface area contributed by atoms with E-state index in [1.54, 1.807) is 32.0 Å². The number of ether oxygens (including phenoxy) is 2. The van der Waals surface area contributed by atoms with Gasteiger partial charge in [-0.1, -0.05) is 58.0 Å². The zero-order valence-corrected chi connectivity index (χ0v) is 42.9. The van der Waals surface area contributed by atoms with Crippen molar-refractivity contribution in [3.8, 4) is 45.8 Å². The van der Waals surface area contributed by atoms with Gasteiger partial charge in [0.2, 0.25) is 11.8 Å². The van der Waals surface area contributed by atoms with Crippen LogP contribution in [0.1, 0.15) is 97.9 Å². The Morgan fingerprint density at radius 2 is 1.58 bits per heavy atom. The molecule has 5 rings (SSSR count). The molecule has 0 radical (unpaired) electrons. The number of nitrogens with zero attached hydrogens (tertiary/aromatic N) is 4. The molecule has 21 heteroatoms. The van der Waals surface area contributed by atoms with Gasteiger partial charge in [-0.15, -0.1) is 0 Å². The van der Waals surface area contributed by atoms with Crippen LogP contribution in [0.4, 0.5) is 0 Å². The number of aromatic nitrogens is 2. The molecule has 4 bridgehead atoms. The first kappa shape index (κ1) is 57.3. The van der Waals surface area contributed by atoms with Crippen molar-refractivity contribution in [2.24, 2.45) is 28.4 Å². The number of ketones is 3. The highest BCUT2D eigenvalue weighted by atomic mass is 32.2. The standard InChI is InChI=1S/C50H63N9O10S.H2S/c1-28-21-41(62)45(59(7)49(65)34(27-55-70(54,66)67)25-40(61)44-29(2)56-47(57-30(44)3)32-11-13-35(14-12-32)50(4,5)6)33-24-37(46(63)43(26-33)69-20-18-53)36-22-31(10-15-42(36)68-19-17-52)23-38(58-48(28)64)39(60)9-8-16-51;/h10-15,22,24,26,28,34,38,45,55,63H,8-9,17-21,23,25,27,52-53H2,1-7H3,(H,58,64)(H2,54,66,67);1H2/t28-,34+,38+,45+;/m1./s1. The lowest BCUT2D eigenvalue weighted by Gasteiger charge is -2.32. The van der Waals surface area contributed by atoms with Crippen LogP contribution in [0.25, 0.3) is 22.5 Å². The van der Waals surface area contributed by atoms with Crippen molar-refractivity contribution in [1.29, 1.82) is 5.26 Å². The molecule has 0 fully saturated rings. The van der Waals surface area contributed by atoms with Gasteiger partial charge in [0.05, 0.1) is 35.0 Å². The molecule has 0 saturated heterocycles. The van der Waals surface area contributed by atoms with Crippen molar-refractivity contribution >= 4 is 52.9 Å². The van der Waals surface area contributed by atoms with Gasteiger partial charge in [0.25, 0.3) is 10.2 Å². The molecule has 2 amide bonds. The van der Waals surface area contributed by atoms with Crippen molar-refractivity contribution in [2.45, 2.75) is 91.1 Å². The van der Waals surface area contributed by atoms with Crippen LogP contribution in [0.5, 0.6) is 17.2 Å². The molecule has 0 aliphatic carbocycles. The molecule has 71 heavy (non-hydrogen) atoms. The Kier molecular flexibility index (Phi) is 19.9. The number of aromatic hydroxyl groups is 1. The molecule has 1 aliphatic heterocycles. The fourth-order valence-electron chi connectivity index (χ4n) is 8.33. The molecule has 4 atom stereocenters. The van der Waals surface area contributed by atoms with E-state index >= 15 is 0 Å². The molecule has 1 aliphatic rings. The van der Waals surface area contributed by atoms with Crippen LogP contribution in [0.3, 0.4) is 0 Å². The summed E-state index contributed by atoms with van der Waals surface area (Å²) in [6, 6.07) is 14.7. The average Bonchev–Trinajstić information content (AvgIpc) is 3.29. The van der Waals surface area contributed by atoms with Crippen LogP contribution in [0.2, 0.25) is 0 Å². The minimum absolute atomic E-state index is 0. The second kappa shape index (κ2) is 24.7. The van der Waals surface area contributed by atoms with Gasteiger partial charge in [0.15, 0.2) is 34.7 Å². The number of carbonyl (C=O) groups is 5. The number of phenolic OH excluding ortho intramolecular Hbond substituents is 1. The first-order valence-electron chi connectivity index (χ1n) is 22.9. The lowest BCUT2D eigenvalue weighted by atomic mass is 9.86. The summed E-state index contributed by atoms with van der Waals surface area (Å²) in [6.07, 6.45) is -1.36. The molecule has 4 aromatic rings. The third-order valence-electron chi connectivity index (χ3n) is 12.0. The minimum Gasteiger partial charge on any atom is -0.504 e. The average molecular weight is 1020 g/mol. The van der Waals surface area contributed by atoms with Gasteiger partial charge in [-0.3, -0.25) is 24.0 Å². The van der Waals surface area contributed by atoms with Crippen molar-refractivity contribution in [2.75, 3.05) is 39.9 Å². The Labute approximate surface area is 421 Å². The lowest BCUT2D eigenvalue weighted by Crippen LogP contribution is -2.46. The number of likely N-dealkylation sites (N-methyl/N-ethyl adjacent to an activating group) is 1. The molecule has 0 saturated carbocycles. The first-order valence-corrected chi connectivity index (χ1v) is 24.4. The molecule has 2 heterocycles. The van der Waals surface area contributed by atoms with Crippen molar-refractivity contribution < 1.29 is 47.0 Å². The van der Waals surface area contributed by atoms with Gasteiger partial charge in [0, 0.05) is 75.0 Å². The third kappa shape index (κ3) is 14.6. The number of hydrogen-bond donors (Lipinski definition) is 6. The zero-order valence-electron chi connectivity index (χ0n) is 41.1. The van der Waals surface area contributed by atoms with E-state index in [0.29, 0.717) is 22.8 Å². The number of nitrogens with two attached hydrogens (primary N) is 3. The van der Waals surface area contributed by atoms with E-state index in [1.807, 2.05) is 30.3 Å². The van der Waals surface area contributed by atoms with Gasteiger partial charge >= 0.3 is 0 Å². The van der Waals surface area contributed by atoms with Crippen LogP contribution in [-0.2, 0) is 41.2 Å². The summed E-state index contributed by atoms with van der Waals surface area (Å²) >= 11 is 0. The monoisotopic (exact) mass is 1020 g/mol. The summed E-state index contributed by atoms with van der Waals surface area (Å²) in [5.74, 6) is -5.68. The largest absolute Gasteiger partial charge is 0.504 e. The SMILES string of the molecule is Cc1nc(-c2ccc(C(C)(C)C)cc2)nc(C)c1C(=O)C[C@@H](CNS(N)(=O)=O)C(=O)N(C)[C@@H]1C(=O)C[C@@H](C)C(=O)N[C@H](C(=O)CCC#N)Cc2ccc(OCCN)c(c2)-c2cc1cc(OCCN)c2O.S. The molecule has 3 aromatic carbocycles. The first-order chi connectivity index (χ1) is 33.0. The van der Waals surface area contributed by atoms with Gasteiger partial charge in [0.1, 0.15) is 25.0 Å². The van der Waals surface area contributed by atoms with Crippen LogP contribution >= 0.6 is 13.5 Å². The molecule has 0 unspecified atom stereocenters. The van der Waals surface area contributed by atoms with Crippen molar-refractivity contribution in [3.63, 3.8) is 0 Å². The van der Waals surface area contributed by atoms with E-state index in [9.17, 15) is 42.8 Å². The van der Waals surface area contributed by atoms with Crippen molar-refractivity contribution in [1.82, 2.24) is 24.9 Å². The normalized spacial score (nSPS) is 16.6. The fourth-order valence-corrected chi connectivity index (χ4v) is 8.77. The summed E-state index contributed by atoms with van der Waals surface area (Å²) in [4.78, 5) is 81.9. The van der Waals surface area contributed by atoms with E-state index in [2.05, 4.69) is 40.8 Å². The van der Waals surface area contributed by atoms with E-state index in [4.69, 9.17) is 26.1 Å². The number of fused-ring (bicyclic) bond motifs is 5. The third-order valence-corrected chi connectivity index (χ3v) is 12.6. The number of nitrogens with one attached hydrogen (secondary N) is 2. The number of rotatable bonds is 18. The Hall–Kier alpha value is -6.28. The van der Waals surface area contributed by atoms with Gasteiger partial charge < -0.3 is 36.3 Å². The summed E-state index contributed by atoms with van der Waals surface area (Å²) in [7, 11) is -3.13. The number of Topliss-reactive ketones (excluding diaryl/α,β-unsaturated/α-hetero) is 3. The second-order valence-electron chi connectivity index (χ2n) is 18.5. The zero-order chi connectivity index (χ0) is 51.7. The Morgan fingerprint density at radius 3 is 2.15 bits per heavy atom. The lowest BCUT2D eigenvalue weighted by molar-refractivity contribution is -0.142. The summed E-state index contributed by atoms with van der Waals surface area (Å²) in [5, 5.41) is 29.2. The number of phenols is 1. The fraction of sp³-hybridized carbons (Fsp3) is 0.440. The second-order valence-corrected chi connectivity index (χ2v) is 19.8. The predicted octanol–water partition coefficient (Wildman–Crippen LogP) is 3.91. The van der Waals surface area contributed by atoms with E-state index < -0.39 is 82.7 Å². The maximum absolute atomic E-state index is 15.0. The number of benzene rings is 3. The smallest absolute Gasteiger partial charge is 0.274 e. The summed E-state index contributed by atoms with van der Waals surface area (Å²) < 4.78 is 38.7. The Bertz CT molecular complexity index is 2750. The van der Waals surface area contributed by atoms with E-state index in [0.717, 1.165) is 16.0 Å². The van der Waals surface area contributed by atoms with Crippen LogP contribution in [-0.4, -0.2) is 103 Å². The van der Waals surface area contributed by atoms with Gasteiger partial charge in [-0.2, -0.15) is 27.2 Å². The molecule has 19 nitrogen and oxygen atoms in total. The predicted molar refractivity (Wildman–Crippen MR) is 272 cm³/mol. The topological polar surface area (TPSA) is 313 Å². The highest BCUT2D eigenvalue weighted by Gasteiger charge is 2.38. The van der Waals surface area contributed by atoms with Gasteiger partial charge in [-0.25, -0.2) is 19.8 Å². The number of carbonyl (C=O) groups excluding carboxylic acids is 5. The minimum atomic E-state index is -4.42. The highest BCUT2D eigenvalue weighted by Crippen LogP contribution is 2.45. The Morgan fingerprint density at radius 1 is 0.958 bits per heavy atom. The van der Waals surface area contributed by atoms with Crippen molar-refractivity contribution in [3.05, 3.63) is 88.2 Å². The van der Waals surface area contributed by atoms with E-state index in [1.165, 1.54) is 26.1 Å². The summed E-state index contributed by atoms with van der Waals surface area (Å²) in [6.45, 7) is 10.5. The van der Waals surface area contributed by atoms with Crippen LogP contribution in [0, 0.1) is 37.0 Å². The molecular formula is C50H65N9O10S2. The van der Waals surface area contributed by atoms with Gasteiger partial charge in [-0.05, 0) is 66.6 Å². The molecular weight excluding hydrogens is 951 g/mol. The maximum Gasteiger partial charge on any atom is 0.274 e. The Balaban J connectivity index is 0.0000110. The molecule has 382 valence electrons. The molecule has 9 N–H and O–H groups in total. The number of amides is 2. The van der Waals surface area contributed by atoms with Crippen LogP contribution in [0.15, 0.2) is 54.6 Å². The number of aryl methyl sites for hydroxylation is 2. The maximum atomic E-state index is 15.0.